The van der Waals surface area contributed by atoms with Crippen LogP contribution < -0.4 is 4.74 Å². The number of hydrogen-bond acceptors (Lipinski definition) is 4. The van der Waals surface area contributed by atoms with E-state index in [1.807, 2.05) is 12.1 Å². The van der Waals surface area contributed by atoms with E-state index in [2.05, 4.69) is 20.8 Å². The Hall–Kier alpha value is -0.780. The van der Waals surface area contributed by atoms with E-state index in [0.717, 1.165) is 31.8 Å². The van der Waals surface area contributed by atoms with Gasteiger partial charge in [-0.05, 0) is 58.9 Å². The first kappa shape index (κ1) is 15.6. The first-order valence-corrected chi connectivity index (χ1v) is 7.70. The Kier molecular flexibility index (Phi) is 5.69. The summed E-state index contributed by atoms with van der Waals surface area (Å²) in [7, 11) is 3.34. The summed E-state index contributed by atoms with van der Waals surface area (Å²) in [6.45, 7) is 3.88. The molecule has 0 aliphatic carbocycles. The summed E-state index contributed by atoms with van der Waals surface area (Å²) in [6, 6.07) is 3.86. The van der Waals surface area contributed by atoms with Crippen LogP contribution in [-0.2, 0) is 11.3 Å². The Bertz CT molecular complexity index is 451. The van der Waals surface area contributed by atoms with E-state index in [9.17, 15) is 5.11 Å². The van der Waals surface area contributed by atoms with Crippen LogP contribution in [0.3, 0.4) is 0 Å². The van der Waals surface area contributed by atoms with Crippen LogP contribution in [0.2, 0.25) is 0 Å². The Morgan fingerprint density at radius 3 is 2.90 bits per heavy atom. The fraction of sp³-hybridized carbons (Fsp3) is 0.600. The predicted molar refractivity (Wildman–Crippen MR) is 82.2 cm³/mol. The van der Waals surface area contributed by atoms with Crippen molar-refractivity contribution in [3.8, 4) is 11.5 Å². The van der Waals surface area contributed by atoms with Crippen molar-refractivity contribution in [1.29, 1.82) is 0 Å². The number of hydrogen-bond donors (Lipinski definition) is 1. The number of benzene rings is 1. The lowest BCUT2D eigenvalue weighted by Gasteiger charge is -2.32. The van der Waals surface area contributed by atoms with Crippen LogP contribution in [0.4, 0.5) is 0 Å². The second-order valence-corrected chi connectivity index (χ2v) is 6.18. The lowest BCUT2D eigenvalue weighted by atomic mass is 9.98. The van der Waals surface area contributed by atoms with Crippen LogP contribution in [0, 0.1) is 5.92 Å². The van der Waals surface area contributed by atoms with E-state index >= 15 is 0 Å². The highest BCUT2D eigenvalue weighted by Crippen LogP contribution is 2.35. The average Bonchev–Trinajstić information content (AvgIpc) is 2.43. The molecule has 1 fully saturated rings. The van der Waals surface area contributed by atoms with E-state index in [-0.39, 0.29) is 5.75 Å². The maximum atomic E-state index is 9.84. The van der Waals surface area contributed by atoms with Crippen molar-refractivity contribution < 1.29 is 14.6 Å². The number of piperidine rings is 1. The zero-order valence-electron chi connectivity index (χ0n) is 12.1. The molecule has 5 heteroatoms. The van der Waals surface area contributed by atoms with Gasteiger partial charge in [-0.15, -0.1) is 0 Å². The number of phenolic OH excluding ortho intramolecular Hbond substituents is 1. The molecule has 1 aromatic rings. The first-order valence-electron chi connectivity index (χ1n) is 6.90. The van der Waals surface area contributed by atoms with Crippen molar-refractivity contribution in [2.24, 2.45) is 5.92 Å². The zero-order valence-corrected chi connectivity index (χ0v) is 13.6. The van der Waals surface area contributed by atoms with E-state index in [4.69, 9.17) is 9.47 Å². The number of phenols is 1. The quantitative estimate of drug-likeness (QED) is 0.892. The number of methoxy groups -OCH3 is 2. The molecule has 0 radical (unpaired) electrons. The minimum absolute atomic E-state index is 0.159. The number of aromatic hydroxyl groups is 1. The highest BCUT2D eigenvalue weighted by atomic mass is 79.9. The highest BCUT2D eigenvalue weighted by molar-refractivity contribution is 9.10. The van der Waals surface area contributed by atoms with Crippen molar-refractivity contribution in [2.45, 2.75) is 19.4 Å². The summed E-state index contributed by atoms with van der Waals surface area (Å²) >= 11 is 3.37. The van der Waals surface area contributed by atoms with Gasteiger partial charge in [-0.1, -0.05) is 0 Å². The van der Waals surface area contributed by atoms with Gasteiger partial charge in [-0.3, -0.25) is 4.90 Å². The van der Waals surface area contributed by atoms with Gasteiger partial charge in [0.1, 0.15) is 0 Å². The third kappa shape index (κ3) is 3.87. The van der Waals surface area contributed by atoms with Gasteiger partial charge in [0.15, 0.2) is 11.5 Å². The van der Waals surface area contributed by atoms with Gasteiger partial charge in [-0.2, -0.15) is 0 Å². The summed E-state index contributed by atoms with van der Waals surface area (Å²) < 4.78 is 11.1. The number of likely N-dealkylation sites (tertiary alicyclic amines) is 1. The molecule has 1 heterocycles. The maximum Gasteiger partial charge on any atom is 0.172 e. The molecule has 0 saturated carbocycles. The molecule has 2 rings (SSSR count). The third-order valence-corrected chi connectivity index (χ3v) is 4.32. The largest absolute Gasteiger partial charge is 0.503 e. The van der Waals surface area contributed by atoms with Crippen LogP contribution in [0.1, 0.15) is 18.4 Å². The molecule has 1 saturated heterocycles. The molecule has 1 unspecified atom stereocenters. The van der Waals surface area contributed by atoms with Gasteiger partial charge in [0, 0.05) is 20.2 Å². The van der Waals surface area contributed by atoms with Gasteiger partial charge in [0.25, 0.3) is 0 Å². The van der Waals surface area contributed by atoms with Crippen molar-refractivity contribution in [3.63, 3.8) is 0 Å². The Balaban J connectivity index is 2.04. The molecule has 112 valence electrons. The molecule has 0 aromatic heterocycles. The Morgan fingerprint density at radius 1 is 1.40 bits per heavy atom. The normalized spacial score (nSPS) is 20.1. The van der Waals surface area contributed by atoms with Crippen LogP contribution in [0.25, 0.3) is 0 Å². The molecule has 1 aliphatic heterocycles. The van der Waals surface area contributed by atoms with Gasteiger partial charge >= 0.3 is 0 Å². The van der Waals surface area contributed by atoms with Gasteiger partial charge in [0.2, 0.25) is 0 Å². The van der Waals surface area contributed by atoms with Gasteiger partial charge < -0.3 is 14.6 Å². The first-order chi connectivity index (χ1) is 9.63. The summed E-state index contributed by atoms with van der Waals surface area (Å²) in [5, 5.41) is 9.84. The molecular weight excluding hydrogens is 322 g/mol. The average molecular weight is 344 g/mol. The van der Waals surface area contributed by atoms with E-state index in [1.54, 1.807) is 14.2 Å². The molecule has 1 aliphatic rings. The summed E-state index contributed by atoms with van der Waals surface area (Å²) in [5.74, 6) is 1.29. The van der Waals surface area contributed by atoms with Crippen LogP contribution in [-0.4, -0.2) is 43.9 Å². The topological polar surface area (TPSA) is 41.9 Å². The van der Waals surface area contributed by atoms with Crippen LogP contribution in [0.5, 0.6) is 11.5 Å². The standard InChI is InChI=1S/C15H22BrNO3/c1-19-10-11-4-3-5-17(8-11)9-12-6-13(16)15(18)14(7-12)20-2/h6-7,11,18H,3-5,8-10H2,1-2H3. The number of ether oxygens (including phenoxy) is 2. The van der Waals surface area contributed by atoms with E-state index < -0.39 is 0 Å². The lowest BCUT2D eigenvalue weighted by Crippen LogP contribution is -2.36. The van der Waals surface area contributed by atoms with Crippen molar-refractivity contribution in [1.82, 2.24) is 4.90 Å². The molecule has 1 atom stereocenters. The second kappa shape index (κ2) is 7.29. The zero-order chi connectivity index (χ0) is 14.5. The third-order valence-electron chi connectivity index (χ3n) is 3.72. The Morgan fingerprint density at radius 2 is 2.20 bits per heavy atom. The van der Waals surface area contributed by atoms with Gasteiger partial charge in [0.05, 0.1) is 18.2 Å². The van der Waals surface area contributed by atoms with Crippen molar-refractivity contribution in [2.75, 3.05) is 33.9 Å². The molecular formula is C15H22BrNO3. The van der Waals surface area contributed by atoms with E-state index in [0.29, 0.717) is 16.1 Å². The molecule has 4 nitrogen and oxygen atoms in total. The Labute approximate surface area is 128 Å². The maximum absolute atomic E-state index is 9.84. The smallest absolute Gasteiger partial charge is 0.172 e. The molecule has 20 heavy (non-hydrogen) atoms. The van der Waals surface area contributed by atoms with Crippen LogP contribution in [0.15, 0.2) is 16.6 Å². The second-order valence-electron chi connectivity index (χ2n) is 5.33. The monoisotopic (exact) mass is 343 g/mol. The summed E-state index contributed by atoms with van der Waals surface area (Å²) in [5.41, 5.74) is 1.14. The highest BCUT2D eigenvalue weighted by Gasteiger charge is 2.20. The fourth-order valence-corrected chi connectivity index (χ4v) is 3.29. The minimum atomic E-state index is 0.159. The number of halogens is 1. The minimum Gasteiger partial charge on any atom is -0.503 e. The van der Waals surface area contributed by atoms with Gasteiger partial charge in [-0.25, -0.2) is 0 Å². The number of rotatable bonds is 5. The summed E-state index contributed by atoms with van der Waals surface area (Å²) in [6.07, 6.45) is 2.46. The molecule has 0 spiro atoms. The van der Waals surface area contributed by atoms with Crippen molar-refractivity contribution in [3.05, 3.63) is 22.2 Å². The molecule has 1 N–H and O–H groups in total. The predicted octanol–water partition coefficient (Wildman–Crippen LogP) is 3.02. The lowest BCUT2D eigenvalue weighted by molar-refractivity contribution is 0.0873. The number of nitrogens with zero attached hydrogens (tertiary/aromatic N) is 1. The van der Waals surface area contributed by atoms with Crippen LogP contribution >= 0.6 is 15.9 Å². The van der Waals surface area contributed by atoms with E-state index in [1.165, 1.54) is 12.8 Å². The molecule has 0 amide bonds. The summed E-state index contributed by atoms with van der Waals surface area (Å²) in [4.78, 5) is 2.44. The van der Waals surface area contributed by atoms with Crippen molar-refractivity contribution >= 4 is 15.9 Å². The SMILES string of the molecule is COCC1CCCN(Cc2cc(Br)c(O)c(OC)c2)C1. The molecule has 0 bridgehead atoms. The fourth-order valence-electron chi connectivity index (χ4n) is 2.80. The molecule has 1 aromatic carbocycles.